The molecule has 0 unspecified atom stereocenters. The Kier molecular flexibility index (Phi) is 2.92. The van der Waals surface area contributed by atoms with Gasteiger partial charge < -0.3 is 0 Å². The van der Waals surface area contributed by atoms with Crippen LogP contribution in [0, 0.1) is 13.8 Å². The van der Waals surface area contributed by atoms with E-state index in [4.69, 9.17) is 0 Å². The molecule has 0 N–H and O–H groups in total. The normalized spacial score (nSPS) is 11.6. The van der Waals surface area contributed by atoms with Crippen LogP contribution in [0.3, 0.4) is 0 Å². The number of pyridine rings is 1. The van der Waals surface area contributed by atoms with Crippen molar-refractivity contribution in [1.82, 2.24) is 14.6 Å². The monoisotopic (exact) mass is 323 g/mol. The van der Waals surface area contributed by atoms with Gasteiger partial charge in [-0.2, -0.15) is 0 Å². The van der Waals surface area contributed by atoms with E-state index < -0.39 is 0 Å². The van der Waals surface area contributed by atoms with Gasteiger partial charge >= 0.3 is 0 Å². The molecule has 0 aliphatic rings. The third-order valence-electron chi connectivity index (χ3n) is 4.82. The molecule has 3 nitrogen and oxygen atoms in total. The van der Waals surface area contributed by atoms with Crippen molar-refractivity contribution in [2.45, 2.75) is 13.8 Å². The van der Waals surface area contributed by atoms with Crippen molar-refractivity contribution in [1.29, 1.82) is 0 Å². The first kappa shape index (κ1) is 14.2. The maximum atomic E-state index is 4.53. The van der Waals surface area contributed by atoms with Gasteiger partial charge in [-0.05, 0) is 31.4 Å². The highest BCUT2D eigenvalue weighted by atomic mass is 15.2. The number of hydrogen-bond acceptors (Lipinski definition) is 2. The Morgan fingerprint density at radius 1 is 0.680 bits per heavy atom. The molecule has 0 aliphatic carbocycles. The van der Waals surface area contributed by atoms with Crippen molar-refractivity contribution >= 4 is 27.3 Å². The van der Waals surface area contributed by atoms with Gasteiger partial charge in [0.15, 0.2) is 11.5 Å². The number of benzene rings is 3. The predicted molar refractivity (Wildman–Crippen MR) is 103 cm³/mol. The summed E-state index contributed by atoms with van der Waals surface area (Å²) in [4.78, 5) is 0. The van der Waals surface area contributed by atoms with Gasteiger partial charge in [0.1, 0.15) is 0 Å². The summed E-state index contributed by atoms with van der Waals surface area (Å²) in [5, 5.41) is 12.6. The molecule has 120 valence electrons. The fraction of sp³-hybridized carbons (Fsp3) is 0.0909. The number of rotatable bonds is 1. The molecule has 0 bridgehead atoms. The molecule has 2 aromatic heterocycles. The summed E-state index contributed by atoms with van der Waals surface area (Å²) in [6.07, 6.45) is 0. The third-order valence-corrected chi connectivity index (χ3v) is 4.82. The summed E-state index contributed by atoms with van der Waals surface area (Å²) in [7, 11) is 0. The van der Waals surface area contributed by atoms with Crippen LogP contribution >= 0.6 is 0 Å². The standard InChI is InChI=1S/C22H17N3/c1-14-7-10-16(11-8-14)21-23-24-22-18-6-4-3-5-17(18)19-13-15(2)9-12-20(19)25(21)22/h3-13H,1-2H3. The van der Waals surface area contributed by atoms with Gasteiger partial charge in [0.25, 0.3) is 0 Å². The van der Waals surface area contributed by atoms with E-state index in [0.717, 1.165) is 27.9 Å². The topological polar surface area (TPSA) is 30.2 Å². The van der Waals surface area contributed by atoms with Crippen molar-refractivity contribution in [2.24, 2.45) is 0 Å². The van der Waals surface area contributed by atoms with Crippen LogP contribution in [0.15, 0.2) is 66.7 Å². The van der Waals surface area contributed by atoms with Crippen molar-refractivity contribution in [2.75, 3.05) is 0 Å². The summed E-state index contributed by atoms with van der Waals surface area (Å²) in [6.45, 7) is 4.23. The quantitative estimate of drug-likeness (QED) is 0.391. The van der Waals surface area contributed by atoms with Gasteiger partial charge in [-0.25, -0.2) is 0 Å². The molecule has 2 heterocycles. The molecule has 0 radical (unpaired) electrons. The van der Waals surface area contributed by atoms with Gasteiger partial charge in [-0.15, -0.1) is 10.2 Å². The minimum Gasteiger partial charge on any atom is -0.274 e. The van der Waals surface area contributed by atoms with Gasteiger partial charge in [-0.1, -0.05) is 65.7 Å². The number of aryl methyl sites for hydroxylation is 2. The average molecular weight is 323 g/mol. The number of nitrogens with zero attached hydrogens (tertiary/aromatic N) is 3. The van der Waals surface area contributed by atoms with Gasteiger partial charge in [0.2, 0.25) is 0 Å². The molecule has 0 saturated carbocycles. The molecular weight excluding hydrogens is 306 g/mol. The molecule has 0 fully saturated rings. The second-order valence-corrected chi connectivity index (χ2v) is 6.61. The number of fused-ring (bicyclic) bond motifs is 6. The lowest BCUT2D eigenvalue weighted by atomic mass is 10.0. The SMILES string of the molecule is Cc1ccc(-c2nnc3c4ccccc4c4cc(C)ccc4n23)cc1. The summed E-state index contributed by atoms with van der Waals surface area (Å²) in [5.74, 6) is 0.884. The Labute approximate surface area is 145 Å². The molecule has 0 spiro atoms. The summed E-state index contributed by atoms with van der Waals surface area (Å²) < 4.78 is 2.18. The van der Waals surface area contributed by atoms with Crippen LogP contribution in [0.1, 0.15) is 11.1 Å². The average Bonchev–Trinajstić information content (AvgIpc) is 3.08. The van der Waals surface area contributed by atoms with E-state index in [1.54, 1.807) is 0 Å². The molecule has 0 aliphatic heterocycles. The molecule has 3 aromatic carbocycles. The highest BCUT2D eigenvalue weighted by Gasteiger charge is 2.15. The summed E-state index contributed by atoms with van der Waals surface area (Å²) in [5.41, 5.74) is 5.61. The highest BCUT2D eigenvalue weighted by Crippen LogP contribution is 2.32. The largest absolute Gasteiger partial charge is 0.274 e. The lowest BCUT2D eigenvalue weighted by Gasteiger charge is -2.10. The minimum atomic E-state index is 0.884. The zero-order valence-corrected chi connectivity index (χ0v) is 14.2. The maximum absolute atomic E-state index is 4.53. The van der Waals surface area contributed by atoms with E-state index in [9.17, 15) is 0 Å². The van der Waals surface area contributed by atoms with Gasteiger partial charge in [0, 0.05) is 16.3 Å². The van der Waals surface area contributed by atoms with E-state index in [2.05, 4.69) is 95.2 Å². The Morgan fingerprint density at radius 2 is 1.40 bits per heavy atom. The van der Waals surface area contributed by atoms with Crippen LogP contribution in [0.4, 0.5) is 0 Å². The fourth-order valence-corrected chi connectivity index (χ4v) is 3.55. The van der Waals surface area contributed by atoms with Crippen LogP contribution in [-0.4, -0.2) is 14.6 Å². The van der Waals surface area contributed by atoms with Crippen LogP contribution < -0.4 is 0 Å². The lowest BCUT2D eigenvalue weighted by molar-refractivity contribution is 1.12. The molecule has 5 rings (SSSR count). The second kappa shape index (κ2) is 5.15. The smallest absolute Gasteiger partial charge is 0.169 e. The van der Waals surface area contributed by atoms with Gasteiger partial charge in [-0.3, -0.25) is 4.40 Å². The Hall–Kier alpha value is -3.20. The minimum absolute atomic E-state index is 0.884. The number of hydrogen-bond donors (Lipinski definition) is 0. The second-order valence-electron chi connectivity index (χ2n) is 6.61. The maximum Gasteiger partial charge on any atom is 0.169 e. The Bertz CT molecular complexity index is 1250. The first-order valence-corrected chi connectivity index (χ1v) is 8.45. The van der Waals surface area contributed by atoms with Crippen molar-refractivity contribution < 1.29 is 0 Å². The zero-order chi connectivity index (χ0) is 17.0. The van der Waals surface area contributed by atoms with Crippen molar-refractivity contribution in [3.63, 3.8) is 0 Å². The Morgan fingerprint density at radius 3 is 2.20 bits per heavy atom. The Balaban J connectivity index is 2.00. The molecule has 0 saturated heterocycles. The predicted octanol–water partition coefficient (Wildman–Crippen LogP) is 5.32. The van der Waals surface area contributed by atoms with E-state index in [-0.39, 0.29) is 0 Å². The molecule has 5 aromatic rings. The third kappa shape index (κ3) is 2.06. The molecule has 0 atom stereocenters. The molecular formula is C22H17N3. The van der Waals surface area contributed by atoms with Crippen LogP contribution in [0.2, 0.25) is 0 Å². The molecule has 0 amide bonds. The van der Waals surface area contributed by atoms with E-state index in [1.807, 2.05) is 0 Å². The fourth-order valence-electron chi connectivity index (χ4n) is 3.55. The van der Waals surface area contributed by atoms with E-state index in [0.29, 0.717) is 0 Å². The summed E-state index contributed by atoms with van der Waals surface area (Å²) >= 11 is 0. The zero-order valence-electron chi connectivity index (χ0n) is 14.2. The first-order chi connectivity index (χ1) is 12.2. The van der Waals surface area contributed by atoms with Crippen molar-refractivity contribution in [3.05, 3.63) is 77.9 Å². The number of aromatic nitrogens is 3. The van der Waals surface area contributed by atoms with Crippen LogP contribution in [0.25, 0.3) is 38.7 Å². The van der Waals surface area contributed by atoms with Crippen LogP contribution in [0.5, 0.6) is 0 Å². The molecule has 25 heavy (non-hydrogen) atoms. The summed E-state index contributed by atoms with van der Waals surface area (Å²) in [6, 6.07) is 23.5. The van der Waals surface area contributed by atoms with Crippen molar-refractivity contribution in [3.8, 4) is 11.4 Å². The first-order valence-electron chi connectivity index (χ1n) is 8.45. The van der Waals surface area contributed by atoms with E-state index >= 15 is 0 Å². The lowest BCUT2D eigenvalue weighted by Crippen LogP contribution is -1.94. The van der Waals surface area contributed by atoms with E-state index in [1.165, 1.54) is 21.9 Å². The van der Waals surface area contributed by atoms with Crippen LogP contribution in [-0.2, 0) is 0 Å². The molecule has 3 heteroatoms. The van der Waals surface area contributed by atoms with Gasteiger partial charge in [0.05, 0.1) is 5.52 Å². The highest BCUT2D eigenvalue weighted by molar-refractivity contribution is 6.12.